The highest BCUT2D eigenvalue weighted by atomic mass is 16.6. The zero-order valence-corrected chi connectivity index (χ0v) is 14.9. The molecule has 0 aromatic rings. The van der Waals surface area contributed by atoms with E-state index in [4.69, 9.17) is 4.74 Å². The monoisotopic (exact) mass is 332 g/mol. The number of rotatable bonds is 3. The van der Waals surface area contributed by atoms with Crippen molar-refractivity contribution < 1.29 is 19.4 Å². The van der Waals surface area contributed by atoms with Gasteiger partial charge in [-0.15, -0.1) is 0 Å². The third kappa shape index (κ3) is 1.62. The molecule has 132 valence electrons. The Morgan fingerprint density at radius 3 is 2.71 bits per heavy atom. The highest BCUT2D eigenvalue weighted by Gasteiger charge is 2.87. The van der Waals surface area contributed by atoms with Gasteiger partial charge < -0.3 is 9.84 Å². The second-order valence-corrected chi connectivity index (χ2v) is 9.07. The largest absolute Gasteiger partial charge is 0.396 e. The molecule has 24 heavy (non-hydrogen) atoms. The van der Waals surface area contributed by atoms with Crippen LogP contribution in [0.4, 0.5) is 0 Å². The molecule has 1 saturated heterocycles. The fourth-order valence-corrected chi connectivity index (χ4v) is 6.47. The van der Waals surface area contributed by atoms with Crippen molar-refractivity contribution in [2.24, 2.45) is 22.7 Å². The number of aldehydes is 1. The van der Waals surface area contributed by atoms with Crippen LogP contribution in [0.2, 0.25) is 0 Å². The van der Waals surface area contributed by atoms with Gasteiger partial charge in [0.2, 0.25) is 0 Å². The molecule has 1 heterocycles. The van der Waals surface area contributed by atoms with Crippen LogP contribution >= 0.6 is 0 Å². The molecule has 4 aliphatic rings. The molecule has 3 fully saturated rings. The lowest BCUT2D eigenvalue weighted by molar-refractivity contribution is -0.141. The summed E-state index contributed by atoms with van der Waals surface area (Å²) in [5.74, 6) is 0.368. The third-order valence-corrected chi connectivity index (χ3v) is 8.17. The van der Waals surface area contributed by atoms with Gasteiger partial charge in [-0.2, -0.15) is 0 Å². The van der Waals surface area contributed by atoms with Gasteiger partial charge in [0.25, 0.3) is 0 Å². The van der Waals surface area contributed by atoms with Crippen molar-refractivity contribution in [1.82, 2.24) is 0 Å². The summed E-state index contributed by atoms with van der Waals surface area (Å²) in [6.07, 6.45) is 7.72. The van der Waals surface area contributed by atoms with Gasteiger partial charge in [-0.3, -0.25) is 9.59 Å². The first-order valence-corrected chi connectivity index (χ1v) is 9.28. The van der Waals surface area contributed by atoms with Crippen LogP contribution in [0.3, 0.4) is 0 Å². The lowest BCUT2D eigenvalue weighted by atomic mass is 9.50. The summed E-state index contributed by atoms with van der Waals surface area (Å²) in [5.41, 5.74) is -0.349. The Kier molecular flexibility index (Phi) is 3.29. The fourth-order valence-electron chi connectivity index (χ4n) is 6.47. The predicted octanol–water partition coefficient (Wildman–Crippen LogP) is 2.83. The molecule has 0 unspecified atom stereocenters. The van der Waals surface area contributed by atoms with E-state index in [1.165, 1.54) is 0 Å². The zero-order valence-electron chi connectivity index (χ0n) is 14.9. The molecule has 0 aromatic heterocycles. The van der Waals surface area contributed by atoms with Crippen LogP contribution in [-0.4, -0.2) is 35.0 Å². The topological polar surface area (TPSA) is 66.9 Å². The number of fused-ring (bicyclic) bond motifs is 1. The molecular weight excluding hydrogens is 304 g/mol. The van der Waals surface area contributed by atoms with Crippen molar-refractivity contribution >= 4 is 12.1 Å². The molecule has 3 aliphatic carbocycles. The Morgan fingerprint density at radius 1 is 1.33 bits per heavy atom. The Morgan fingerprint density at radius 2 is 2.04 bits per heavy atom. The van der Waals surface area contributed by atoms with Crippen LogP contribution in [0.1, 0.15) is 59.3 Å². The first-order chi connectivity index (χ1) is 11.3. The van der Waals surface area contributed by atoms with Crippen molar-refractivity contribution in [2.45, 2.75) is 70.5 Å². The van der Waals surface area contributed by atoms with Crippen LogP contribution in [0, 0.1) is 22.7 Å². The van der Waals surface area contributed by atoms with E-state index < -0.39 is 5.41 Å². The second kappa shape index (κ2) is 4.79. The molecule has 2 saturated carbocycles. The average Bonchev–Trinajstić information content (AvgIpc) is 3.22. The first kappa shape index (κ1) is 16.5. The first-order valence-electron chi connectivity index (χ1n) is 9.28. The Hall–Kier alpha value is -1.00. The number of ether oxygens (including phenoxy) is 1. The summed E-state index contributed by atoms with van der Waals surface area (Å²) in [6.45, 7) is 6.58. The predicted molar refractivity (Wildman–Crippen MR) is 89.4 cm³/mol. The molecule has 1 spiro atoms. The minimum Gasteiger partial charge on any atom is -0.396 e. The van der Waals surface area contributed by atoms with E-state index in [1.807, 2.05) is 6.08 Å². The Balaban J connectivity index is 1.83. The standard InChI is InChI=1S/C20H28O4/c1-13(11-21)19-9-7-17(2)6-8-18(3)15(20(17,19)24-19)5-4-14(12-22)10-16(18)23/h4,12-13,15,21H,5-11H2,1-3H3/t13-,15+,17+,18-,19-,20-/m1/s1. The number of epoxide rings is 1. The number of carbonyl (C=O) groups is 2. The third-order valence-electron chi connectivity index (χ3n) is 8.17. The van der Waals surface area contributed by atoms with E-state index in [1.54, 1.807) is 0 Å². The molecule has 4 nitrogen and oxygen atoms in total. The van der Waals surface area contributed by atoms with E-state index in [0.717, 1.165) is 38.4 Å². The van der Waals surface area contributed by atoms with Gasteiger partial charge in [-0.05, 0) is 43.1 Å². The molecule has 4 heteroatoms. The van der Waals surface area contributed by atoms with Crippen molar-refractivity contribution in [1.29, 1.82) is 0 Å². The molecular formula is C20H28O4. The summed E-state index contributed by atoms with van der Waals surface area (Å²) in [7, 11) is 0. The van der Waals surface area contributed by atoms with Crippen LogP contribution in [-0.2, 0) is 14.3 Å². The van der Waals surface area contributed by atoms with E-state index >= 15 is 0 Å². The van der Waals surface area contributed by atoms with Crippen molar-refractivity contribution in [3.63, 3.8) is 0 Å². The summed E-state index contributed by atoms with van der Waals surface area (Å²) in [5, 5.41) is 9.80. The summed E-state index contributed by atoms with van der Waals surface area (Å²) in [6, 6.07) is 0. The number of hydrogen-bond donors (Lipinski definition) is 1. The molecule has 0 amide bonds. The van der Waals surface area contributed by atoms with E-state index in [9.17, 15) is 14.7 Å². The van der Waals surface area contributed by atoms with Gasteiger partial charge in [0.05, 0.1) is 0 Å². The van der Waals surface area contributed by atoms with Gasteiger partial charge in [0, 0.05) is 30.3 Å². The number of carbonyl (C=O) groups excluding carboxylic acids is 2. The molecule has 0 aromatic carbocycles. The van der Waals surface area contributed by atoms with Gasteiger partial charge in [0.15, 0.2) is 0 Å². The fraction of sp³-hybridized carbons (Fsp3) is 0.800. The molecule has 6 atom stereocenters. The van der Waals surface area contributed by atoms with Crippen LogP contribution < -0.4 is 0 Å². The smallest absolute Gasteiger partial charge is 0.146 e. The molecule has 0 bridgehead atoms. The number of hydrogen-bond acceptors (Lipinski definition) is 4. The number of ketones is 1. The molecule has 1 aliphatic heterocycles. The summed E-state index contributed by atoms with van der Waals surface area (Å²) < 4.78 is 6.57. The maximum Gasteiger partial charge on any atom is 0.146 e. The van der Waals surface area contributed by atoms with Gasteiger partial charge in [0.1, 0.15) is 23.3 Å². The van der Waals surface area contributed by atoms with Gasteiger partial charge in [-0.1, -0.05) is 26.8 Å². The van der Waals surface area contributed by atoms with Crippen LogP contribution in [0.15, 0.2) is 11.6 Å². The maximum atomic E-state index is 13.0. The number of aliphatic hydroxyl groups excluding tert-OH is 1. The molecule has 0 radical (unpaired) electrons. The molecule has 1 N–H and O–H groups in total. The number of Topliss-reactive ketones (excluding diaryl/α,β-unsaturated/α-hetero) is 1. The lowest BCUT2D eigenvalue weighted by Crippen LogP contribution is -2.56. The zero-order chi connectivity index (χ0) is 17.4. The van der Waals surface area contributed by atoms with Crippen LogP contribution in [0.25, 0.3) is 0 Å². The van der Waals surface area contributed by atoms with E-state index in [2.05, 4.69) is 20.8 Å². The maximum absolute atomic E-state index is 13.0. The number of allylic oxidation sites excluding steroid dienone is 2. The lowest BCUT2D eigenvalue weighted by Gasteiger charge is -2.51. The van der Waals surface area contributed by atoms with Crippen molar-refractivity contribution in [3.8, 4) is 0 Å². The van der Waals surface area contributed by atoms with E-state index in [0.29, 0.717) is 5.57 Å². The quantitative estimate of drug-likeness (QED) is 0.637. The Bertz CT molecular complexity index is 640. The van der Waals surface area contributed by atoms with Crippen molar-refractivity contribution in [3.05, 3.63) is 11.6 Å². The SMILES string of the molecule is C[C@H](CO)[C@]12CC[C@]3(C)CC[C@@]4(C)C(=O)CC(C=O)=CC[C@@H]4[C@@]31O2. The van der Waals surface area contributed by atoms with Crippen LogP contribution in [0.5, 0.6) is 0 Å². The van der Waals surface area contributed by atoms with E-state index in [-0.39, 0.29) is 47.3 Å². The summed E-state index contributed by atoms with van der Waals surface area (Å²) >= 11 is 0. The van der Waals surface area contributed by atoms with Crippen molar-refractivity contribution in [2.75, 3.05) is 6.61 Å². The average molecular weight is 332 g/mol. The summed E-state index contributed by atoms with van der Waals surface area (Å²) in [4.78, 5) is 24.3. The normalized spacial score (nSPS) is 50.9. The minimum atomic E-state index is -0.429. The highest BCUT2D eigenvalue weighted by Crippen LogP contribution is 2.80. The Labute approximate surface area is 143 Å². The highest BCUT2D eigenvalue weighted by molar-refractivity contribution is 5.93. The number of aliphatic hydroxyl groups is 1. The minimum absolute atomic E-state index is 0.0699. The second-order valence-electron chi connectivity index (χ2n) is 9.07. The molecule has 4 rings (SSSR count). The van der Waals surface area contributed by atoms with Gasteiger partial charge in [-0.25, -0.2) is 0 Å². The van der Waals surface area contributed by atoms with Gasteiger partial charge >= 0.3 is 0 Å².